The molecule has 136 valence electrons. The molecule has 0 amide bonds. The van der Waals surface area contributed by atoms with E-state index in [1.165, 1.54) is 19.3 Å². The summed E-state index contributed by atoms with van der Waals surface area (Å²) in [6, 6.07) is 0.407. The van der Waals surface area contributed by atoms with Gasteiger partial charge in [0.25, 0.3) is 0 Å². The van der Waals surface area contributed by atoms with Gasteiger partial charge in [-0.05, 0) is 37.5 Å². The molecule has 1 saturated carbocycles. The van der Waals surface area contributed by atoms with Crippen LogP contribution in [0.4, 0.5) is 0 Å². The van der Waals surface area contributed by atoms with E-state index in [4.69, 9.17) is 0 Å². The number of unbranched alkanes of at least 4 members (excludes halogenated alkanes) is 1. The molecular weight excluding hydrogens is 306 g/mol. The molecule has 3 unspecified atom stereocenters. The fourth-order valence-corrected chi connectivity index (χ4v) is 4.47. The lowest BCUT2D eigenvalue weighted by Gasteiger charge is -2.30. The summed E-state index contributed by atoms with van der Waals surface area (Å²) in [7, 11) is 1.16. The van der Waals surface area contributed by atoms with Gasteiger partial charge in [0.1, 0.15) is 0 Å². The van der Waals surface area contributed by atoms with Crippen LogP contribution in [0.25, 0.3) is 0 Å². The van der Waals surface area contributed by atoms with Crippen molar-refractivity contribution in [3.63, 3.8) is 0 Å². The number of aliphatic imine (C=N–C) groups is 1. The normalized spacial score (nSPS) is 24.3. The molecule has 1 rings (SSSR count). The van der Waals surface area contributed by atoms with Crippen LogP contribution in [0, 0.1) is 5.41 Å². The molecule has 5 heteroatoms. The maximum atomic E-state index is 12.0. The van der Waals surface area contributed by atoms with Crippen molar-refractivity contribution in [3.05, 3.63) is 0 Å². The summed E-state index contributed by atoms with van der Waals surface area (Å²) in [5.41, 5.74) is 0.423. The van der Waals surface area contributed by atoms with Gasteiger partial charge in [-0.25, -0.2) is 0 Å². The lowest BCUT2D eigenvalue weighted by Crippen LogP contribution is -2.46. The van der Waals surface area contributed by atoms with Crippen LogP contribution in [0.15, 0.2) is 4.99 Å². The van der Waals surface area contributed by atoms with Crippen LogP contribution in [0.3, 0.4) is 0 Å². The van der Waals surface area contributed by atoms with E-state index in [-0.39, 0.29) is 0 Å². The molecule has 23 heavy (non-hydrogen) atoms. The number of hydrogen-bond donors (Lipinski definition) is 2. The molecule has 3 atom stereocenters. The van der Waals surface area contributed by atoms with Gasteiger partial charge in [-0.2, -0.15) is 0 Å². The maximum absolute atomic E-state index is 12.0. The van der Waals surface area contributed by atoms with Gasteiger partial charge in [0.05, 0.1) is 0 Å². The van der Waals surface area contributed by atoms with Crippen LogP contribution < -0.4 is 10.6 Å². The first kappa shape index (κ1) is 20.5. The van der Waals surface area contributed by atoms with Gasteiger partial charge in [0, 0.05) is 41.4 Å². The summed E-state index contributed by atoms with van der Waals surface area (Å²) >= 11 is 0. The molecule has 4 nitrogen and oxygen atoms in total. The standard InChI is InChI=1S/C18H37N3OS/c1-6-23(22)16-11-9-10-15(14-16)21-17(19-5)20-13-8-7-12-18(2,3)4/h15-16H,6-14H2,1-5H3,(H2,19,20,21). The van der Waals surface area contributed by atoms with Gasteiger partial charge in [-0.1, -0.05) is 40.5 Å². The third-order valence-electron chi connectivity index (χ3n) is 4.49. The van der Waals surface area contributed by atoms with Crippen LogP contribution in [-0.2, 0) is 10.8 Å². The second-order valence-electron chi connectivity index (χ2n) is 7.82. The van der Waals surface area contributed by atoms with Crippen LogP contribution in [0.1, 0.15) is 72.6 Å². The van der Waals surface area contributed by atoms with Crippen LogP contribution >= 0.6 is 0 Å². The van der Waals surface area contributed by atoms with Crippen molar-refractivity contribution in [2.24, 2.45) is 10.4 Å². The number of nitrogens with one attached hydrogen (secondary N) is 2. The van der Waals surface area contributed by atoms with Crippen LogP contribution in [0.5, 0.6) is 0 Å². The average molecular weight is 344 g/mol. The Morgan fingerprint density at radius 3 is 2.61 bits per heavy atom. The van der Waals surface area contributed by atoms with Crippen molar-refractivity contribution in [3.8, 4) is 0 Å². The van der Waals surface area contributed by atoms with E-state index in [2.05, 4.69) is 36.4 Å². The molecular formula is C18H37N3OS. The molecule has 0 aliphatic heterocycles. The first-order valence-electron chi connectivity index (χ1n) is 9.20. The van der Waals surface area contributed by atoms with Crippen molar-refractivity contribution in [1.82, 2.24) is 10.6 Å². The second kappa shape index (κ2) is 10.3. The third-order valence-corrected chi connectivity index (χ3v) is 6.23. The van der Waals surface area contributed by atoms with Crippen LogP contribution in [0.2, 0.25) is 0 Å². The third kappa shape index (κ3) is 8.73. The maximum Gasteiger partial charge on any atom is 0.191 e. The van der Waals surface area contributed by atoms with Crippen molar-refractivity contribution in [1.29, 1.82) is 0 Å². The second-order valence-corrected chi connectivity index (χ2v) is 9.82. The molecule has 0 spiro atoms. The Bertz CT molecular complexity index is 390. The Labute approximate surface area is 145 Å². The zero-order chi connectivity index (χ0) is 17.3. The smallest absolute Gasteiger partial charge is 0.191 e. The Balaban J connectivity index is 2.29. The number of guanidine groups is 1. The Morgan fingerprint density at radius 1 is 1.26 bits per heavy atom. The zero-order valence-corrected chi connectivity index (χ0v) is 16.6. The highest BCUT2D eigenvalue weighted by Crippen LogP contribution is 2.23. The van der Waals surface area contributed by atoms with E-state index in [0.717, 1.165) is 43.9 Å². The topological polar surface area (TPSA) is 53.5 Å². The Hall–Kier alpha value is -0.580. The summed E-state index contributed by atoms with van der Waals surface area (Å²) in [5.74, 6) is 1.67. The van der Waals surface area contributed by atoms with Gasteiger partial charge in [-0.3, -0.25) is 9.20 Å². The van der Waals surface area contributed by atoms with Crippen LogP contribution in [-0.4, -0.2) is 40.8 Å². The molecule has 0 radical (unpaired) electrons. The molecule has 0 saturated heterocycles. The molecule has 0 aromatic rings. The molecule has 0 bridgehead atoms. The SMILES string of the molecule is CCS(=O)C1CCCC(NC(=NC)NCCCCC(C)(C)C)C1. The molecule has 2 N–H and O–H groups in total. The molecule has 1 aliphatic carbocycles. The highest BCUT2D eigenvalue weighted by Gasteiger charge is 2.25. The quantitative estimate of drug-likeness (QED) is 0.423. The highest BCUT2D eigenvalue weighted by atomic mass is 32.2. The van der Waals surface area contributed by atoms with E-state index in [1.54, 1.807) is 0 Å². The first-order chi connectivity index (χ1) is 10.9. The van der Waals surface area contributed by atoms with E-state index in [9.17, 15) is 4.21 Å². The molecule has 0 aromatic heterocycles. The summed E-state index contributed by atoms with van der Waals surface area (Å²) in [6.07, 6.45) is 8.11. The van der Waals surface area contributed by atoms with Gasteiger partial charge in [-0.15, -0.1) is 0 Å². The lowest BCUT2D eigenvalue weighted by atomic mass is 9.90. The van der Waals surface area contributed by atoms with E-state index in [1.807, 2.05) is 14.0 Å². The van der Waals surface area contributed by atoms with Gasteiger partial charge in [0.15, 0.2) is 5.96 Å². The average Bonchev–Trinajstić information content (AvgIpc) is 2.51. The molecule has 1 fully saturated rings. The summed E-state index contributed by atoms with van der Waals surface area (Å²) in [4.78, 5) is 4.34. The summed E-state index contributed by atoms with van der Waals surface area (Å²) < 4.78 is 12.0. The minimum absolute atomic E-state index is 0.358. The van der Waals surface area contributed by atoms with E-state index >= 15 is 0 Å². The largest absolute Gasteiger partial charge is 0.356 e. The predicted molar refractivity (Wildman–Crippen MR) is 103 cm³/mol. The van der Waals surface area contributed by atoms with Crippen molar-refractivity contribution < 1.29 is 4.21 Å². The van der Waals surface area contributed by atoms with Crippen molar-refractivity contribution >= 4 is 16.8 Å². The fourth-order valence-electron chi connectivity index (χ4n) is 3.13. The molecule has 1 aliphatic rings. The van der Waals surface area contributed by atoms with Crippen molar-refractivity contribution in [2.45, 2.75) is 83.9 Å². The van der Waals surface area contributed by atoms with E-state index < -0.39 is 10.8 Å². The molecule has 0 aromatic carbocycles. The van der Waals surface area contributed by atoms with Gasteiger partial charge >= 0.3 is 0 Å². The number of rotatable bonds is 7. The van der Waals surface area contributed by atoms with Gasteiger partial charge in [0.2, 0.25) is 0 Å². The zero-order valence-electron chi connectivity index (χ0n) is 15.8. The molecule has 0 heterocycles. The minimum atomic E-state index is -0.668. The Morgan fingerprint density at radius 2 is 2.00 bits per heavy atom. The van der Waals surface area contributed by atoms with Gasteiger partial charge < -0.3 is 10.6 Å². The summed E-state index contributed by atoms with van der Waals surface area (Å²) in [5, 5.41) is 7.31. The highest BCUT2D eigenvalue weighted by molar-refractivity contribution is 7.85. The monoisotopic (exact) mass is 343 g/mol. The lowest BCUT2D eigenvalue weighted by molar-refractivity contribution is 0.360. The summed E-state index contributed by atoms with van der Waals surface area (Å²) in [6.45, 7) is 9.86. The number of hydrogen-bond acceptors (Lipinski definition) is 2. The van der Waals surface area contributed by atoms with Crippen molar-refractivity contribution in [2.75, 3.05) is 19.3 Å². The first-order valence-corrected chi connectivity index (χ1v) is 10.6. The Kier molecular flexibility index (Phi) is 9.18. The fraction of sp³-hybridized carbons (Fsp3) is 0.944. The minimum Gasteiger partial charge on any atom is -0.356 e. The predicted octanol–water partition coefficient (Wildman–Crippen LogP) is 3.45. The number of nitrogens with zero attached hydrogens (tertiary/aromatic N) is 1. The van der Waals surface area contributed by atoms with E-state index in [0.29, 0.717) is 16.7 Å².